The van der Waals surface area contributed by atoms with Gasteiger partial charge in [0.1, 0.15) is 0 Å². The van der Waals surface area contributed by atoms with Crippen molar-refractivity contribution in [2.45, 2.75) is 25.8 Å². The quantitative estimate of drug-likeness (QED) is 0.906. The maximum absolute atomic E-state index is 12.8. The van der Waals surface area contributed by atoms with E-state index in [9.17, 15) is 8.78 Å². The number of nitrogens with one attached hydrogen (secondary N) is 1. The van der Waals surface area contributed by atoms with E-state index in [1.165, 1.54) is 6.92 Å². The van der Waals surface area contributed by atoms with Crippen molar-refractivity contribution in [1.29, 1.82) is 0 Å². The second kappa shape index (κ2) is 4.21. The molecule has 0 bridgehead atoms. The minimum absolute atomic E-state index is 0.619. The van der Waals surface area contributed by atoms with Crippen LogP contribution in [0.25, 0.3) is 0 Å². The lowest BCUT2D eigenvalue weighted by molar-refractivity contribution is 0.00698. The third kappa shape index (κ3) is 2.90. The highest BCUT2D eigenvalue weighted by atomic mass is 79.9. The van der Waals surface area contributed by atoms with Crippen LogP contribution in [0.2, 0.25) is 0 Å². The Morgan fingerprint density at radius 1 is 1.57 bits per heavy atom. The third-order valence-corrected chi connectivity index (χ3v) is 2.54. The van der Waals surface area contributed by atoms with Crippen LogP contribution in [0.1, 0.15) is 13.8 Å². The zero-order valence-electron chi connectivity index (χ0n) is 7.89. The molecule has 1 rings (SSSR count). The molecule has 78 valence electrons. The Hall–Kier alpha value is -0.710. The summed E-state index contributed by atoms with van der Waals surface area (Å²) in [4.78, 5) is 3.84. The molecule has 0 aliphatic carbocycles. The topological polar surface area (TPSA) is 24.9 Å². The van der Waals surface area contributed by atoms with E-state index in [2.05, 4.69) is 26.2 Å². The monoisotopic (exact) mass is 264 g/mol. The van der Waals surface area contributed by atoms with Gasteiger partial charge >= 0.3 is 0 Å². The van der Waals surface area contributed by atoms with Crippen LogP contribution in [0.5, 0.6) is 0 Å². The molecule has 1 unspecified atom stereocenters. The van der Waals surface area contributed by atoms with Gasteiger partial charge in [-0.2, -0.15) is 0 Å². The van der Waals surface area contributed by atoms with Gasteiger partial charge in [-0.05, 0) is 28.9 Å². The summed E-state index contributed by atoms with van der Waals surface area (Å²) >= 11 is 3.22. The lowest BCUT2D eigenvalue weighted by Gasteiger charge is -2.22. The summed E-state index contributed by atoms with van der Waals surface area (Å²) < 4.78 is 26.4. The van der Waals surface area contributed by atoms with Crippen molar-refractivity contribution in [1.82, 2.24) is 4.98 Å². The Kier molecular flexibility index (Phi) is 3.42. The Morgan fingerprint density at radius 3 is 2.71 bits per heavy atom. The molecule has 1 N–H and O–H groups in total. The van der Waals surface area contributed by atoms with E-state index < -0.39 is 12.0 Å². The normalized spacial score (nSPS) is 13.8. The predicted octanol–water partition coefficient (Wildman–Crippen LogP) is 3.30. The standard InChI is InChI=1S/C9H11BrF2N2/c1-6(9(2,11)12)14-8-3-4-13-5-7(8)10/h3-6H,1-2H3,(H,13,14). The summed E-state index contributed by atoms with van der Waals surface area (Å²) in [5, 5.41) is 2.71. The van der Waals surface area contributed by atoms with E-state index in [1.807, 2.05) is 0 Å². The largest absolute Gasteiger partial charge is 0.376 e. The Balaban J connectivity index is 2.75. The van der Waals surface area contributed by atoms with Crippen molar-refractivity contribution < 1.29 is 8.78 Å². The number of rotatable bonds is 3. The van der Waals surface area contributed by atoms with Crippen molar-refractivity contribution in [2.75, 3.05) is 5.32 Å². The van der Waals surface area contributed by atoms with Gasteiger partial charge in [-0.25, -0.2) is 8.78 Å². The number of hydrogen-bond acceptors (Lipinski definition) is 2. The number of aromatic nitrogens is 1. The summed E-state index contributed by atoms with van der Waals surface area (Å²) in [6, 6.07) is 0.730. The zero-order valence-corrected chi connectivity index (χ0v) is 9.48. The van der Waals surface area contributed by atoms with Crippen LogP contribution in [0.15, 0.2) is 22.9 Å². The van der Waals surface area contributed by atoms with Gasteiger partial charge in [0.2, 0.25) is 0 Å². The Labute approximate surface area is 89.9 Å². The average Bonchev–Trinajstić information content (AvgIpc) is 2.07. The SMILES string of the molecule is CC(Nc1ccncc1Br)C(C)(F)F. The number of alkyl halides is 2. The number of nitrogens with zero attached hydrogens (tertiary/aromatic N) is 1. The highest BCUT2D eigenvalue weighted by molar-refractivity contribution is 9.10. The third-order valence-electron chi connectivity index (χ3n) is 1.90. The maximum Gasteiger partial charge on any atom is 0.264 e. The van der Waals surface area contributed by atoms with Crippen molar-refractivity contribution in [2.24, 2.45) is 0 Å². The molecule has 14 heavy (non-hydrogen) atoms. The Morgan fingerprint density at radius 2 is 2.21 bits per heavy atom. The smallest absolute Gasteiger partial charge is 0.264 e. The molecular weight excluding hydrogens is 254 g/mol. The second-order valence-electron chi connectivity index (χ2n) is 3.18. The molecule has 0 fully saturated rings. The summed E-state index contributed by atoms with van der Waals surface area (Å²) in [6.45, 7) is 2.33. The zero-order chi connectivity index (χ0) is 10.8. The van der Waals surface area contributed by atoms with Crippen molar-refractivity contribution in [3.63, 3.8) is 0 Å². The Bertz CT molecular complexity index is 312. The molecule has 1 atom stereocenters. The average molecular weight is 265 g/mol. The summed E-state index contributed by atoms with van der Waals surface area (Å²) in [7, 11) is 0. The van der Waals surface area contributed by atoms with E-state index in [4.69, 9.17) is 0 Å². The highest BCUT2D eigenvalue weighted by Crippen LogP contribution is 2.25. The fraction of sp³-hybridized carbons (Fsp3) is 0.444. The molecule has 0 aliphatic rings. The van der Waals surface area contributed by atoms with Crippen LogP contribution >= 0.6 is 15.9 Å². The number of hydrogen-bond donors (Lipinski definition) is 1. The van der Waals surface area contributed by atoms with Crippen molar-refractivity contribution >= 4 is 21.6 Å². The first-order valence-corrected chi connectivity index (χ1v) is 4.94. The van der Waals surface area contributed by atoms with Crippen LogP contribution in [-0.2, 0) is 0 Å². The van der Waals surface area contributed by atoms with E-state index in [1.54, 1.807) is 18.5 Å². The first-order chi connectivity index (χ1) is 6.41. The molecule has 0 amide bonds. The number of halogens is 3. The van der Waals surface area contributed by atoms with Crippen molar-refractivity contribution in [3.8, 4) is 0 Å². The molecule has 0 aliphatic heterocycles. The molecule has 0 aromatic carbocycles. The van der Waals surface area contributed by atoms with Gasteiger partial charge in [-0.15, -0.1) is 0 Å². The van der Waals surface area contributed by atoms with Gasteiger partial charge < -0.3 is 5.32 Å². The molecule has 1 aromatic rings. The fourth-order valence-electron chi connectivity index (χ4n) is 0.852. The molecule has 1 aromatic heterocycles. The minimum atomic E-state index is -2.75. The molecule has 5 heteroatoms. The maximum atomic E-state index is 12.8. The summed E-state index contributed by atoms with van der Waals surface area (Å²) in [5.41, 5.74) is 0.619. The molecule has 2 nitrogen and oxygen atoms in total. The van der Waals surface area contributed by atoms with E-state index in [0.717, 1.165) is 6.92 Å². The fourth-order valence-corrected chi connectivity index (χ4v) is 1.22. The lowest BCUT2D eigenvalue weighted by atomic mass is 10.2. The van der Waals surface area contributed by atoms with Crippen LogP contribution < -0.4 is 5.32 Å². The lowest BCUT2D eigenvalue weighted by Crippen LogP contribution is -2.34. The van der Waals surface area contributed by atoms with Gasteiger partial charge in [-0.3, -0.25) is 4.98 Å². The van der Waals surface area contributed by atoms with Gasteiger partial charge in [0, 0.05) is 19.3 Å². The predicted molar refractivity (Wildman–Crippen MR) is 55.6 cm³/mol. The summed E-state index contributed by atoms with van der Waals surface area (Å²) in [5.74, 6) is -2.75. The van der Waals surface area contributed by atoms with E-state index in [-0.39, 0.29) is 0 Å². The molecular formula is C9H11BrF2N2. The molecule has 0 saturated heterocycles. The van der Waals surface area contributed by atoms with E-state index >= 15 is 0 Å². The van der Waals surface area contributed by atoms with Gasteiger partial charge in [0.15, 0.2) is 0 Å². The molecule has 0 spiro atoms. The van der Waals surface area contributed by atoms with Gasteiger partial charge in [0.25, 0.3) is 5.92 Å². The van der Waals surface area contributed by atoms with Crippen LogP contribution in [0, 0.1) is 0 Å². The molecule has 0 radical (unpaired) electrons. The molecule has 0 saturated carbocycles. The number of pyridine rings is 1. The van der Waals surface area contributed by atoms with Crippen LogP contribution in [0.3, 0.4) is 0 Å². The van der Waals surface area contributed by atoms with Crippen LogP contribution in [-0.4, -0.2) is 16.9 Å². The first-order valence-electron chi connectivity index (χ1n) is 4.15. The molecule has 1 heterocycles. The highest BCUT2D eigenvalue weighted by Gasteiger charge is 2.30. The number of anilines is 1. The summed E-state index contributed by atoms with van der Waals surface area (Å²) in [6.07, 6.45) is 3.11. The minimum Gasteiger partial charge on any atom is -0.376 e. The van der Waals surface area contributed by atoms with Crippen molar-refractivity contribution in [3.05, 3.63) is 22.9 Å². The first kappa shape index (κ1) is 11.4. The second-order valence-corrected chi connectivity index (χ2v) is 4.03. The van der Waals surface area contributed by atoms with E-state index in [0.29, 0.717) is 10.2 Å². The van der Waals surface area contributed by atoms with Crippen LogP contribution in [0.4, 0.5) is 14.5 Å². The van der Waals surface area contributed by atoms with Gasteiger partial charge in [0.05, 0.1) is 16.2 Å². The van der Waals surface area contributed by atoms with Gasteiger partial charge in [-0.1, -0.05) is 0 Å².